The number of benzene rings is 1. The Bertz CT molecular complexity index is 1220. The highest BCUT2D eigenvalue weighted by Crippen LogP contribution is 2.68. The second-order valence-electron chi connectivity index (χ2n) is 15.3. The van der Waals surface area contributed by atoms with E-state index in [9.17, 15) is 24.4 Å². The largest absolute Gasteiger partial charge is 0.428 e. The Morgan fingerprint density at radius 1 is 0.956 bits per heavy atom. The van der Waals surface area contributed by atoms with E-state index in [0.29, 0.717) is 36.0 Å². The molecule has 45 heavy (non-hydrogen) atoms. The molecule has 0 amide bonds. The van der Waals surface area contributed by atoms with Gasteiger partial charge in [-0.15, -0.1) is 0 Å². The molecule has 11 atom stereocenters. The summed E-state index contributed by atoms with van der Waals surface area (Å²) >= 11 is 0. The van der Waals surface area contributed by atoms with Crippen molar-refractivity contribution in [2.75, 3.05) is 19.6 Å². The number of ether oxygens (including phenoxy) is 2. The SMILES string of the molecule is C[C@H](CCC(=O)OCOC(=O)CCP(C)(=O)OCc1ccccc1)C1CCC2C3CC[C@@H]4C[C@H](O)CC[C@]4(C)C3C[C@H](O)[C@@]21C. The fraction of sp³-hybridized carbons (Fsp3) is 0.778. The molecule has 5 unspecified atom stereocenters. The lowest BCUT2D eigenvalue weighted by Crippen LogP contribution is -2.58. The van der Waals surface area contributed by atoms with Crippen molar-refractivity contribution in [1.82, 2.24) is 0 Å². The van der Waals surface area contributed by atoms with Crippen molar-refractivity contribution in [1.29, 1.82) is 0 Å². The first kappa shape index (κ1) is 34.6. The molecule has 0 aliphatic heterocycles. The molecule has 9 heteroatoms. The minimum Gasteiger partial charge on any atom is -0.428 e. The van der Waals surface area contributed by atoms with Gasteiger partial charge in [-0.05, 0) is 110 Å². The monoisotopic (exact) mass is 646 g/mol. The molecule has 0 aromatic heterocycles. The number of aliphatic hydroxyl groups excluding tert-OH is 2. The van der Waals surface area contributed by atoms with E-state index in [0.717, 1.165) is 44.1 Å². The summed E-state index contributed by atoms with van der Waals surface area (Å²) in [6.45, 7) is 8.23. The van der Waals surface area contributed by atoms with Crippen molar-refractivity contribution in [3.05, 3.63) is 35.9 Å². The van der Waals surface area contributed by atoms with Crippen LogP contribution in [0.3, 0.4) is 0 Å². The zero-order chi connectivity index (χ0) is 32.4. The van der Waals surface area contributed by atoms with E-state index < -0.39 is 26.1 Å². The molecule has 0 bridgehead atoms. The first-order valence-electron chi connectivity index (χ1n) is 17.3. The summed E-state index contributed by atoms with van der Waals surface area (Å²) in [4.78, 5) is 24.7. The van der Waals surface area contributed by atoms with Gasteiger partial charge in [0.2, 0.25) is 14.2 Å². The molecular formula is C36H55O8P. The molecule has 0 radical (unpaired) electrons. The van der Waals surface area contributed by atoms with Crippen molar-refractivity contribution in [2.45, 2.75) is 110 Å². The highest BCUT2D eigenvalue weighted by Gasteiger charge is 2.63. The van der Waals surface area contributed by atoms with E-state index in [2.05, 4.69) is 20.8 Å². The van der Waals surface area contributed by atoms with Crippen LogP contribution in [0.4, 0.5) is 0 Å². The molecule has 0 heterocycles. The fourth-order valence-corrected chi connectivity index (χ4v) is 11.3. The molecule has 1 aromatic carbocycles. The van der Waals surface area contributed by atoms with Crippen LogP contribution < -0.4 is 0 Å². The lowest BCUT2D eigenvalue weighted by atomic mass is 9.43. The average molecular weight is 647 g/mol. The standard InChI is InChI=1S/C36H55O8P/c1-24(10-15-33(39)42-23-43-34(40)17-19-45(4,41)44-22-25-8-6-5-7-9-25)29-13-14-30-28-12-11-26-20-27(37)16-18-35(26,2)31(28)21-32(38)36(29,30)3/h5-9,24,26-32,37-38H,10-23H2,1-4H3/t24-,26-,27-,28?,29?,30?,31?,32+,35+,36-,45?/m1/s1. The third-order valence-corrected chi connectivity index (χ3v) is 14.5. The smallest absolute Gasteiger partial charge is 0.309 e. The topological polar surface area (TPSA) is 119 Å². The molecule has 4 fully saturated rings. The maximum atomic E-state index is 12.7. The second-order valence-corrected chi connectivity index (χ2v) is 18.0. The van der Waals surface area contributed by atoms with Gasteiger partial charge in [0.25, 0.3) is 0 Å². The van der Waals surface area contributed by atoms with Crippen molar-refractivity contribution in [3.63, 3.8) is 0 Å². The lowest BCUT2D eigenvalue weighted by Gasteiger charge is -2.62. The van der Waals surface area contributed by atoms with E-state index >= 15 is 0 Å². The highest BCUT2D eigenvalue weighted by atomic mass is 31.2. The molecule has 8 nitrogen and oxygen atoms in total. The molecule has 0 saturated heterocycles. The van der Waals surface area contributed by atoms with Gasteiger partial charge in [-0.25, -0.2) is 0 Å². The molecule has 5 rings (SSSR count). The van der Waals surface area contributed by atoms with Gasteiger partial charge in [0.1, 0.15) is 0 Å². The van der Waals surface area contributed by atoms with E-state index in [1.165, 1.54) is 19.5 Å². The van der Waals surface area contributed by atoms with E-state index in [1.54, 1.807) is 0 Å². The van der Waals surface area contributed by atoms with E-state index in [4.69, 9.17) is 14.0 Å². The Kier molecular flexibility index (Phi) is 10.9. The zero-order valence-electron chi connectivity index (χ0n) is 27.7. The molecule has 4 aliphatic rings. The Balaban J connectivity index is 1.04. The summed E-state index contributed by atoms with van der Waals surface area (Å²) in [5.74, 6) is 1.83. The van der Waals surface area contributed by atoms with Crippen LogP contribution in [0.2, 0.25) is 0 Å². The number of aliphatic hydroxyl groups is 2. The van der Waals surface area contributed by atoms with E-state index in [1.807, 2.05) is 30.3 Å². The number of carbonyl (C=O) groups is 2. The maximum absolute atomic E-state index is 12.7. The van der Waals surface area contributed by atoms with Crippen molar-refractivity contribution in [3.8, 4) is 0 Å². The first-order valence-corrected chi connectivity index (χ1v) is 19.5. The third kappa shape index (κ3) is 7.55. The minimum atomic E-state index is -2.97. The van der Waals surface area contributed by atoms with Crippen LogP contribution >= 0.6 is 7.37 Å². The van der Waals surface area contributed by atoms with Gasteiger partial charge in [0.15, 0.2) is 0 Å². The van der Waals surface area contributed by atoms with Gasteiger partial charge in [-0.3, -0.25) is 14.2 Å². The third-order valence-electron chi connectivity index (χ3n) is 12.8. The van der Waals surface area contributed by atoms with Crippen molar-refractivity contribution >= 4 is 19.3 Å². The summed E-state index contributed by atoms with van der Waals surface area (Å²) in [5, 5.41) is 22.1. The van der Waals surface area contributed by atoms with Crippen molar-refractivity contribution < 1.29 is 38.4 Å². The summed E-state index contributed by atoms with van der Waals surface area (Å²) < 4.78 is 28.5. The van der Waals surface area contributed by atoms with Gasteiger partial charge >= 0.3 is 11.9 Å². The zero-order valence-corrected chi connectivity index (χ0v) is 28.6. The molecule has 4 saturated carbocycles. The van der Waals surface area contributed by atoms with Crippen LogP contribution in [0.25, 0.3) is 0 Å². The lowest BCUT2D eigenvalue weighted by molar-refractivity contribution is -0.175. The van der Waals surface area contributed by atoms with Crippen molar-refractivity contribution in [2.24, 2.45) is 46.3 Å². The average Bonchev–Trinajstić information content (AvgIpc) is 3.38. The van der Waals surface area contributed by atoms with Crippen LogP contribution in [-0.2, 0) is 34.8 Å². The molecule has 0 spiro atoms. The predicted octanol–water partition coefficient (Wildman–Crippen LogP) is 6.95. The summed E-state index contributed by atoms with van der Waals surface area (Å²) in [6, 6.07) is 9.44. The number of esters is 2. The second kappa shape index (κ2) is 14.2. The van der Waals surface area contributed by atoms with Gasteiger partial charge in [-0.2, -0.15) is 0 Å². The van der Waals surface area contributed by atoms with Crippen LogP contribution in [-0.4, -0.2) is 54.0 Å². The predicted molar refractivity (Wildman–Crippen MR) is 172 cm³/mol. The van der Waals surface area contributed by atoms with Crippen LogP contribution in [0, 0.1) is 46.3 Å². The molecule has 4 aliphatic carbocycles. The Hall–Kier alpha value is -1.73. The van der Waals surface area contributed by atoms with Gasteiger partial charge in [0.05, 0.1) is 25.2 Å². The molecular weight excluding hydrogens is 591 g/mol. The Morgan fingerprint density at radius 3 is 2.40 bits per heavy atom. The number of hydrogen-bond acceptors (Lipinski definition) is 8. The minimum absolute atomic E-state index is 0.0572. The normalized spacial score (nSPS) is 37.8. The van der Waals surface area contributed by atoms with Crippen LogP contribution in [0.1, 0.15) is 97.0 Å². The Morgan fingerprint density at radius 2 is 1.67 bits per heavy atom. The summed E-state index contributed by atoms with van der Waals surface area (Å²) in [5.41, 5.74) is 0.973. The fourth-order valence-electron chi connectivity index (χ4n) is 10.2. The molecule has 2 N–H and O–H groups in total. The number of rotatable bonds is 12. The highest BCUT2D eigenvalue weighted by molar-refractivity contribution is 7.58. The summed E-state index contributed by atoms with van der Waals surface area (Å²) in [6.07, 6.45) is 8.67. The van der Waals surface area contributed by atoms with Crippen LogP contribution in [0.15, 0.2) is 30.3 Å². The molecule has 1 aromatic rings. The van der Waals surface area contributed by atoms with Gasteiger partial charge in [-0.1, -0.05) is 51.1 Å². The molecule has 252 valence electrons. The first-order chi connectivity index (χ1) is 21.3. The number of fused-ring (bicyclic) bond motifs is 5. The van der Waals surface area contributed by atoms with Gasteiger partial charge in [0, 0.05) is 19.2 Å². The van der Waals surface area contributed by atoms with Gasteiger partial charge < -0.3 is 24.2 Å². The number of carbonyl (C=O) groups excluding carboxylic acids is 2. The Labute approximate surface area is 269 Å². The quantitative estimate of drug-likeness (QED) is 0.142. The number of hydrogen-bond donors (Lipinski definition) is 2. The maximum Gasteiger partial charge on any atom is 0.309 e. The van der Waals surface area contributed by atoms with Crippen LogP contribution in [0.5, 0.6) is 0 Å². The van der Waals surface area contributed by atoms with E-state index in [-0.39, 0.29) is 54.6 Å². The summed E-state index contributed by atoms with van der Waals surface area (Å²) in [7, 11) is -2.97.